The number of aryl methyl sites for hydroxylation is 1. The van der Waals surface area contributed by atoms with E-state index in [0.717, 1.165) is 15.6 Å². The predicted octanol–water partition coefficient (Wildman–Crippen LogP) is 4.14. The van der Waals surface area contributed by atoms with Crippen molar-refractivity contribution in [1.82, 2.24) is 0 Å². The third-order valence-corrected chi connectivity index (χ3v) is 3.86. The van der Waals surface area contributed by atoms with E-state index < -0.39 is 11.9 Å². The lowest BCUT2D eigenvalue weighted by molar-refractivity contribution is -0.146. The number of hydrogen-bond donors (Lipinski definition) is 1. The minimum Gasteiger partial charge on any atom is -0.455 e. The Balaban J connectivity index is 1.83. The van der Waals surface area contributed by atoms with Crippen molar-refractivity contribution in [2.24, 2.45) is 0 Å². The van der Waals surface area contributed by atoms with Crippen molar-refractivity contribution in [1.29, 1.82) is 0 Å². The van der Waals surface area contributed by atoms with Crippen molar-refractivity contribution in [2.45, 2.75) is 13.3 Å². The number of halogens is 2. The normalized spacial score (nSPS) is 10.2. The van der Waals surface area contributed by atoms with Gasteiger partial charge in [-0.2, -0.15) is 0 Å². The summed E-state index contributed by atoms with van der Waals surface area (Å²) in [7, 11) is 0. The zero-order valence-electron chi connectivity index (χ0n) is 12.4. The minimum absolute atomic E-state index is 0.122. The lowest BCUT2D eigenvalue weighted by Crippen LogP contribution is -2.22. The SMILES string of the molecule is Cc1ccc(Cl)cc1NC(=O)COC(=O)Cc1ccc(Br)cc1. The summed E-state index contributed by atoms with van der Waals surface area (Å²) in [5.41, 5.74) is 2.31. The fraction of sp³-hybridized carbons (Fsp3) is 0.176. The zero-order chi connectivity index (χ0) is 16.8. The van der Waals surface area contributed by atoms with Crippen LogP contribution >= 0.6 is 27.5 Å². The molecule has 0 atom stereocenters. The number of nitrogens with one attached hydrogen (secondary N) is 1. The molecule has 0 unspecified atom stereocenters. The van der Waals surface area contributed by atoms with Gasteiger partial charge in [-0.05, 0) is 42.3 Å². The highest BCUT2D eigenvalue weighted by Gasteiger charge is 2.10. The van der Waals surface area contributed by atoms with Gasteiger partial charge in [0.1, 0.15) is 0 Å². The van der Waals surface area contributed by atoms with Crippen LogP contribution in [0.5, 0.6) is 0 Å². The Morgan fingerprint density at radius 2 is 1.87 bits per heavy atom. The van der Waals surface area contributed by atoms with E-state index in [-0.39, 0.29) is 13.0 Å². The molecule has 1 N–H and O–H groups in total. The third-order valence-electron chi connectivity index (χ3n) is 3.10. The molecule has 2 rings (SSSR count). The number of esters is 1. The van der Waals surface area contributed by atoms with Crippen molar-refractivity contribution in [2.75, 3.05) is 11.9 Å². The molecule has 0 heterocycles. The molecule has 0 aliphatic carbocycles. The average Bonchev–Trinajstić information content (AvgIpc) is 2.51. The molecule has 0 bridgehead atoms. The first-order valence-corrected chi connectivity index (χ1v) is 8.07. The van der Waals surface area contributed by atoms with E-state index >= 15 is 0 Å². The number of carbonyl (C=O) groups is 2. The van der Waals surface area contributed by atoms with E-state index in [1.807, 2.05) is 31.2 Å². The van der Waals surface area contributed by atoms with Crippen molar-refractivity contribution in [3.63, 3.8) is 0 Å². The smallest absolute Gasteiger partial charge is 0.310 e. The number of anilines is 1. The van der Waals surface area contributed by atoms with Crippen molar-refractivity contribution < 1.29 is 14.3 Å². The lowest BCUT2D eigenvalue weighted by Gasteiger charge is -2.09. The molecule has 120 valence electrons. The molecule has 6 heteroatoms. The van der Waals surface area contributed by atoms with Gasteiger partial charge in [-0.1, -0.05) is 45.7 Å². The number of amides is 1. The highest BCUT2D eigenvalue weighted by Crippen LogP contribution is 2.20. The van der Waals surface area contributed by atoms with Crippen LogP contribution in [-0.4, -0.2) is 18.5 Å². The average molecular weight is 397 g/mol. The monoisotopic (exact) mass is 395 g/mol. The molecule has 0 aromatic heterocycles. The maximum absolute atomic E-state index is 11.8. The highest BCUT2D eigenvalue weighted by molar-refractivity contribution is 9.10. The molecular weight excluding hydrogens is 382 g/mol. The molecule has 0 aliphatic heterocycles. The summed E-state index contributed by atoms with van der Waals surface area (Å²) in [5, 5.41) is 3.20. The van der Waals surface area contributed by atoms with Crippen LogP contribution in [0.3, 0.4) is 0 Å². The molecule has 1 amide bonds. The molecule has 0 saturated heterocycles. The molecule has 2 aromatic rings. The molecule has 0 aliphatic rings. The molecule has 0 fully saturated rings. The molecule has 23 heavy (non-hydrogen) atoms. The van der Waals surface area contributed by atoms with Crippen LogP contribution in [0.25, 0.3) is 0 Å². The Kier molecular flexibility index (Phi) is 6.19. The third kappa shape index (κ3) is 5.69. The van der Waals surface area contributed by atoms with Crippen LogP contribution < -0.4 is 5.32 Å². The van der Waals surface area contributed by atoms with E-state index in [9.17, 15) is 9.59 Å². The second kappa shape index (κ2) is 8.13. The summed E-state index contributed by atoms with van der Waals surface area (Å²) in [6, 6.07) is 12.5. The maximum Gasteiger partial charge on any atom is 0.310 e. The van der Waals surface area contributed by atoms with Gasteiger partial charge in [0.2, 0.25) is 0 Å². The fourth-order valence-corrected chi connectivity index (χ4v) is 2.32. The topological polar surface area (TPSA) is 55.4 Å². The highest BCUT2D eigenvalue weighted by atomic mass is 79.9. The number of ether oxygens (including phenoxy) is 1. The Morgan fingerprint density at radius 1 is 1.17 bits per heavy atom. The van der Waals surface area contributed by atoms with Crippen LogP contribution in [0, 0.1) is 6.92 Å². The van der Waals surface area contributed by atoms with Gasteiger partial charge in [-0.25, -0.2) is 0 Å². The van der Waals surface area contributed by atoms with E-state index in [4.69, 9.17) is 16.3 Å². The largest absolute Gasteiger partial charge is 0.455 e. The fourth-order valence-electron chi connectivity index (χ4n) is 1.88. The first kappa shape index (κ1) is 17.5. The Hall–Kier alpha value is -1.85. The van der Waals surface area contributed by atoms with Gasteiger partial charge in [0.15, 0.2) is 6.61 Å². The maximum atomic E-state index is 11.8. The number of carbonyl (C=O) groups excluding carboxylic acids is 2. The van der Waals surface area contributed by atoms with Crippen LogP contribution in [0.2, 0.25) is 5.02 Å². The van der Waals surface area contributed by atoms with Crippen molar-refractivity contribution in [3.05, 3.63) is 63.1 Å². The molecule has 0 spiro atoms. The van der Waals surface area contributed by atoms with E-state index in [1.54, 1.807) is 18.2 Å². The van der Waals surface area contributed by atoms with Crippen molar-refractivity contribution >= 4 is 45.1 Å². The molecule has 0 saturated carbocycles. The molecule has 0 radical (unpaired) electrons. The van der Waals surface area contributed by atoms with Crippen LogP contribution in [0.1, 0.15) is 11.1 Å². The summed E-state index contributed by atoms with van der Waals surface area (Å²) in [5.74, 6) is -0.857. The zero-order valence-corrected chi connectivity index (χ0v) is 14.8. The number of hydrogen-bond acceptors (Lipinski definition) is 3. The first-order valence-electron chi connectivity index (χ1n) is 6.90. The first-order chi connectivity index (χ1) is 10.9. The Bertz CT molecular complexity index is 716. The van der Waals surface area contributed by atoms with Gasteiger partial charge < -0.3 is 10.1 Å². The molecule has 4 nitrogen and oxygen atoms in total. The summed E-state index contributed by atoms with van der Waals surface area (Å²) in [6.07, 6.45) is 0.122. The lowest BCUT2D eigenvalue weighted by atomic mass is 10.2. The predicted molar refractivity (Wildman–Crippen MR) is 93.6 cm³/mol. The van der Waals surface area contributed by atoms with Gasteiger partial charge in [0.25, 0.3) is 5.91 Å². The van der Waals surface area contributed by atoms with E-state index in [0.29, 0.717) is 10.7 Å². The molecular formula is C17H15BrClNO3. The van der Waals surface area contributed by atoms with E-state index in [1.165, 1.54) is 0 Å². The van der Waals surface area contributed by atoms with Gasteiger partial charge >= 0.3 is 5.97 Å². The number of rotatable bonds is 5. The minimum atomic E-state index is -0.453. The summed E-state index contributed by atoms with van der Waals surface area (Å²) in [6.45, 7) is 1.52. The Labute approximate surface area is 147 Å². The van der Waals surface area contributed by atoms with Crippen LogP contribution in [0.4, 0.5) is 5.69 Å². The standard InChI is InChI=1S/C17H15BrClNO3/c1-11-2-7-14(19)9-15(11)20-16(21)10-23-17(22)8-12-3-5-13(18)6-4-12/h2-7,9H,8,10H2,1H3,(H,20,21). The summed E-state index contributed by atoms with van der Waals surface area (Å²) < 4.78 is 5.92. The second-order valence-electron chi connectivity index (χ2n) is 4.97. The Morgan fingerprint density at radius 3 is 2.57 bits per heavy atom. The van der Waals surface area contributed by atoms with E-state index in [2.05, 4.69) is 21.2 Å². The van der Waals surface area contributed by atoms with Crippen molar-refractivity contribution in [3.8, 4) is 0 Å². The quantitative estimate of drug-likeness (QED) is 0.773. The van der Waals surface area contributed by atoms with Crippen LogP contribution in [-0.2, 0) is 20.7 Å². The van der Waals surface area contributed by atoms with Gasteiger partial charge in [0, 0.05) is 15.2 Å². The second-order valence-corrected chi connectivity index (χ2v) is 6.32. The van der Waals surface area contributed by atoms with Gasteiger partial charge in [-0.15, -0.1) is 0 Å². The van der Waals surface area contributed by atoms with Crippen LogP contribution in [0.15, 0.2) is 46.9 Å². The number of benzene rings is 2. The van der Waals surface area contributed by atoms with Gasteiger partial charge in [-0.3, -0.25) is 9.59 Å². The molecule has 2 aromatic carbocycles. The van der Waals surface area contributed by atoms with Gasteiger partial charge in [0.05, 0.1) is 6.42 Å². The summed E-state index contributed by atoms with van der Waals surface area (Å²) >= 11 is 9.21. The summed E-state index contributed by atoms with van der Waals surface area (Å²) in [4.78, 5) is 23.6.